The smallest absolute Gasteiger partial charge is 0.174 e. The highest BCUT2D eigenvalue weighted by atomic mass is 16.5. The number of aliphatic hydroxyl groups excluding tert-OH is 1. The Morgan fingerprint density at radius 3 is 2.85 bits per heavy atom. The van der Waals surface area contributed by atoms with E-state index in [2.05, 4.69) is 20.4 Å². The second kappa shape index (κ2) is 6.97. The van der Waals surface area contributed by atoms with E-state index in [0.29, 0.717) is 31.4 Å². The topological polar surface area (TPSA) is 85.1 Å². The molecule has 0 unspecified atom stereocenters. The van der Waals surface area contributed by atoms with Crippen molar-refractivity contribution in [3.8, 4) is 5.82 Å². The Morgan fingerprint density at radius 2 is 2.15 bits per heavy atom. The van der Waals surface area contributed by atoms with Crippen LogP contribution in [0.2, 0.25) is 0 Å². The monoisotopic (exact) mass is 277 g/mol. The number of aromatic nitrogens is 4. The van der Waals surface area contributed by atoms with Gasteiger partial charge in [0, 0.05) is 12.2 Å². The molecule has 0 radical (unpaired) electrons. The van der Waals surface area contributed by atoms with Crippen LogP contribution in [0.5, 0.6) is 0 Å². The summed E-state index contributed by atoms with van der Waals surface area (Å²) in [4.78, 5) is 8.62. The van der Waals surface area contributed by atoms with Gasteiger partial charge in [-0.15, -0.1) is 0 Å². The first kappa shape index (κ1) is 14.4. The molecule has 2 aromatic heterocycles. The van der Waals surface area contributed by atoms with E-state index in [1.54, 1.807) is 17.1 Å². The average molecular weight is 277 g/mol. The van der Waals surface area contributed by atoms with Gasteiger partial charge in [0.1, 0.15) is 5.82 Å². The number of nitrogens with one attached hydrogen (secondary N) is 1. The molecule has 7 heteroatoms. The van der Waals surface area contributed by atoms with Gasteiger partial charge in [-0.05, 0) is 19.9 Å². The molecule has 2 N–H and O–H groups in total. The average Bonchev–Trinajstić information content (AvgIpc) is 2.78. The van der Waals surface area contributed by atoms with Gasteiger partial charge in [0.05, 0.1) is 37.9 Å². The van der Waals surface area contributed by atoms with Crippen LogP contribution < -0.4 is 5.32 Å². The fourth-order valence-corrected chi connectivity index (χ4v) is 1.82. The van der Waals surface area contributed by atoms with E-state index >= 15 is 0 Å². The third-order valence-electron chi connectivity index (χ3n) is 2.64. The van der Waals surface area contributed by atoms with Gasteiger partial charge < -0.3 is 15.2 Å². The number of ether oxygens (including phenoxy) is 1. The van der Waals surface area contributed by atoms with Crippen LogP contribution in [-0.2, 0) is 4.74 Å². The van der Waals surface area contributed by atoms with E-state index in [9.17, 15) is 0 Å². The highest BCUT2D eigenvalue weighted by molar-refractivity contribution is 5.36. The molecule has 2 heterocycles. The first-order valence-corrected chi connectivity index (χ1v) is 6.49. The summed E-state index contributed by atoms with van der Waals surface area (Å²) in [5.74, 6) is 1.35. The third-order valence-corrected chi connectivity index (χ3v) is 2.64. The predicted molar refractivity (Wildman–Crippen MR) is 75.0 cm³/mol. The van der Waals surface area contributed by atoms with Crippen molar-refractivity contribution < 1.29 is 9.84 Å². The second-order valence-electron chi connectivity index (χ2n) is 4.36. The lowest BCUT2D eigenvalue weighted by Crippen LogP contribution is -2.13. The minimum atomic E-state index is 0.0349. The molecule has 0 fully saturated rings. The lowest BCUT2D eigenvalue weighted by Gasteiger charge is -2.08. The summed E-state index contributed by atoms with van der Waals surface area (Å²) < 4.78 is 6.92. The zero-order chi connectivity index (χ0) is 14.4. The minimum Gasteiger partial charge on any atom is -0.394 e. The van der Waals surface area contributed by atoms with Crippen molar-refractivity contribution in [1.29, 1.82) is 0 Å². The van der Waals surface area contributed by atoms with Crippen molar-refractivity contribution in [2.24, 2.45) is 0 Å². The van der Waals surface area contributed by atoms with Crippen molar-refractivity contribution in [3.05, 3.63) is 29.8 Å². The van der Waals surface area contributed by atoms with E-state index < -0.39 is 0 Å². The Bertz CT molecular complexity index is 555. The molecule has 0 aromatic carbocycles. The van der Waals surface area contributed by atoms with E-state index in [1.165, 1.54) is 0 Å². The fourth-order valence-electron chi connectivity index (χ4n) is 1.82. The molecule has 7 nitrogen and oxygen atoms in total. The lowest BCUT2D eigenvalue weighted by molar-refractivity contribution is 0.0992. The summed E-state index contributed by atoms with van der Waals surface area (Å²) in [5, 5.41) is 16.1. The van der Waals surface area contributed by atoms with Crippen molar-refractivity contribution in [2.75, 3.05) is 31.7 Å². The number of anilines is 1. The molecule has 0 spiro atoms. The highest BCUT2D eigenvalue weighted by Crippen LogP contribution is 2.10. The molecule has 20 heavy (non-hydrogen) atoms. The van der Waals surface area contributed by atoms with Gasteiger partial charge in [0.15, 0.2) is 5.82 Å². The number of nitrogens with zero attached hydrogens (tertiary/aromatic N) is 4. The van der Waals surface area contributed by atoms with Crippen LogP contribution in [0.15, 0.2) is 18.5 Å². The highest BCUT2D eigenvalue weighted by Gasteiger charge is 2.06. The van der Waals surface area contributed by atoms with Crippen molar-refractivity contribution in [1.82, 2.24) is 19.7 Å². The predicted octanol–water partition coefficient (Wildman–Crippen LogP) is 0.700. The summed E-state index contributed by atoms with van der Waals surface area (Å²) >= 11 is 0. The molecule has 0 aliphatic heterocycles. The maximum Gasteiger partial charge on any atom is 0.174 e. The number of hydrogen-bond acceptors (Lipinski definition) is 6. The zero-order valence-electron chi connectivity index (χ0n) is 11.7. The SMILES string of the molecule is Cc1cc(C)n(-c2cncc(NCCOCCO)n2)n1. The molecule has 2 rings (SSSR count). The molecule has 0 aliphatic rings. The summed E-state index contributed by atoms with van der Waals surface area (Å²) in [5.41, 5.74) is 1.96. The van der Waals surface area contributed by atoms with E-state index in [-0.39, 0.29) is 6.61 Å². The van der Waals surface area contributed by atoms with Crippen molar-refractivity contribution in [3.63, 3.8) is 0 Å². The molecule has 0 atom stereocenters. The van der Waals surface area contributed by atoms with Gasteiger partial charge >= 0.3 is 0 Å². The number of rotatable bonds is 7. The van der Waals surface area contributed by atoms with Gasteiger partial charge in [-0.25, -0.2) is 9.67 Å². The Hall–Kier alpha value is -1.99. The normalized spacial score (nSPS) is 10.8. The molecule has 2 aromatic rings. The van der Waals surface area contributed by atoms with E-state index in [4.69, 9.17) is 9.84 Å². The largest absolute Gasteiger partial charge is 0.394 e. The van der Waals surface area contributed by atoms with Gasteiger partial charge in [-0.3, -0.25) is 4.98 Å². The van der Waals surface area contributed by atoms with Crippen LogP contribution in [0.25, 0.3) is 5.82 Å². The fraction of sp³-hybridized carbons (Fsp3) is 0.462. The summed E-state index contributed by atoms with van der Waals surface area (Å²) in [7, 11) is 0. The maximum atomic E-state index is 8.60. The van der Waals surface area contributed by atoms with Crippen LogP contribution in [0.3, 0.4) is 0 Å². The third kappa shape index (κ3) is 3.75. The van der Waals surface area contributed by atoms with Gasteiger partial charge in [0.2, 0.25) is 0 Å². The van der Waals surface area contributed by atoms with Crippen LogP contribution in [0.1, 0.15) is 11.4 Å². The Labute approximate surface area is 117 Å². The summed E-state index contributed by atoms with van der Waals surface area (Å²) in [6, 6.07) is 1.99. The van der Waals surface area contributed by atoms with Gasteiger partial charge in [0.25, 0.3) is 0 Å². The molecule has 0 saturated heterocycles. The quantitative estimate of drug-likeness (QED) is 0.725. The lowest BCUT2D eigenvalue weighted by atomic mass is 10.4. The Kier molecular flexibility index (Phi) is 5.03. The van der Waals surface area contributed by atoms with Crippen LogP contribution in [0, 0.1) is 13.8 Å². The van der Waals surface area contributed by atoms with Crippen LogP contribution in [-0.4, -0.2) is 51.2 Å². The van der Waals surface area contributed by atoms with Crippen molar-refractivity contribution in [2.45, 2.75) is 13.8 Å². The molecule has 0 saturated carbocycles. The maximum absolute atomic E-state index is 8.60. The summed E-state index contributed by atoms with van der Waals surface area (Å²) in [6.45, 7) is 5.41. The van der Waals surface area contributed by atoms with Crippen molar-refractivity contribution >= 4 is 5.82 Å². The zero-order valence-corrected chi connectivity index (χ0v) is 11.7. The van der Waals surface area contributed by atoms with E-state index in [0.717, 1.165) is 11.4 Å². The molecule has 108 valence electrons. The van der Waals surface area contributed by atoms with Gasteiger partial charge in [-0.2, -0.15) is 5.10 Å². The molecule has 0 bridgehead atoms. The number of aliphatic hydroxyl groups is 1. The first-order chi connectivity index (χ1) is 9.70. The standard InChI is InChI=1S/C13H19N5O2/c1-10-7-11(2)18(17-10)13-9-14-8-12(16-13)15-3-5-20-6-4-19/h7-9,19H,3-6H2,1-2H3,(H,15,16). The number of aryl methyl sites for hydroxylation is 2. The summed E-state index contributed by atoms with van der Waals surface area (Å²) in [6.07, 6.45) is 3.33. The second-order valence-corrected chi connectivity index (χ2v) is 4.36. The van der Waals surface area contributed by atoms with E-state index in [1.807, 2.05) is 19.9 Å². The Balaban J connectivity index is 1.99. The molecule has 0 amide bonds. The number of hydrogen-bond donors (Lipinski definition) is 2. The van der Waals surface area contributed by atoms with Gasteiger partial charge in [-0.1, -0.05) is 0 Å². The Morgan fingerprint density at radius 1 is 1.30 bits per heavy atom. The molecular formula is C13H19N5O2. The molecular weight excluding hydrogens is 258 g/mol. The molecule has 0 aliphatic carbocycles. The first-order valence-electron chi connectivity index (χ1n) is 6.49. The van der Waals surface area contributed by atoms with Crippen LogP contribution >= 0.6 is 0 Å². The van der Waals surface area contributed by atoms with Crippen LogP contribution in [0.4, 0.5) is 5.82 Å². The minimum absolute atomic E-state index is 0.0349.